The number of likely N-dealkylation sites (N-methyl/N-ethyl adjacent to an activating group) is 1. The Kier molecular flexibility index (Phi) is 4.73. The number of hydrogen-bond donors (Lipinski definition) is 2. The number of benzene rings is 1. The molecule has 0 atom stereocenters. The van der Waals surface area contributed by atoms with E-state index in [4.69, 9.17) is 16.2 Å². The van der Waals surface area contributed by atoms with Crippen molar-refractivity contribution in [2.24, 2.45) is 0 Å². The van der Waals surface area contributed by atoms with E-state index in [1.165, 1.54) is 6.54 Å². The van der Waals surface area contributed by atoms with Gasteiger partial charge in [-0.3, -0.25) is 0 Å². The maximum atomic E-state index is 6.02. The third-order valence-corrected chi connectivity index (χ3v) is 4.21. The second-order valence-corrected chi connectivity index (χ2v) is 6.00. The minimum atomic E-state index is 0.714. The molecule has 5 nitrogen and oxygen atoms in total. The smallest absolute Gasteiger partial charge is 0.102 e. The van der Waals surface area contributed by atoms with Crippen LogP contribution in [0.25, 0.3) is 0 Å². The summed E-state index contributed by atoms with van der Waals surface area (Å²) in [6, 6.07) is 5.72. The monoisotopic (exact) mass is 279 g/mol. The van der Waals surface area contributed by atoms with Gasteiger partial charge in [0.25, 0.3) is 0 Å². The molecular weight excluding hydrogens is 252 g/mol. The van der Waals surface area contributed by atoms with Gasteiger partial charge in [-0.05, 0) is 18.2 Å². The SMILES string of the molecule is CN(CCC[N+]1(C)CCOCC1)c1ccc(N)cc1N. The van der Waals surface area contributed by atoms with Crippen LogP contribution < -0.4 is 16.4 Å². The van der Waals surface area contributed by atoms with Crippen molar-refractivity contribution in [3.05, 3.63) is 18.2 Å². The molecule has 1 aromatic carbocycles. The Hall–Kier alpha value is -1.46. The summed E-state index contributed by atoms with van der Waals surface area (Å²) in [4.78, 5) is 2.21. The van der Waals surface area contributed by atoms with Crippen LogP contribution in [0.3, 0.4) is 0 Å². The fourth-order valence-corrected chi connectivity index (χ4v) is 2.74. The second-order valence-electron chi connectivity index (χ2n) is 6.00. The van der Waals surface area contributed by atoms with Gasteiger partial charge in [0.1, 0.15) is 13.1 Å². The van der Waals surface area contributed by atoms with Gasteiger partial charge in [-0.1, -0.05) is 0 Å². The molecule has 112 valence electrons. The summed E-state index contributed by atoms with van der Waals surface area (Å²) < 4.78 is 6.55. The Morgan fingerprint density at radius 3 is 2.60 bits per heavy atom. The Morgan fingerprint density at radius 2 is 1.95 bits per heavy atom. The maximum absolute atomic E-state index is 6.02. The predicted molar refractivity (Wildman–Crippen MR) is 84.8 cm³/mol. The first-order valence-electron chi connectivity index (χ1n) is 7.28. The first-order valence-corrected chi connectivity index (χ1v) is 7.28. The van der Waals surface area contributed by atoms with Crippen molar-refractivity contribution in [1.82, 2.24) is 0 Å². The first-order chi connectivity index (χ1) is 9.50. The van der Waals surface area contributed by atoms with Gasteiger partial charge in [-0.15, -0.1) is 0 Å². The van der Waals surface area contributed by atoms with Crippen LogP contribution in [-0.4, -0.2) is 58.0 Å². The molecule has 4 N–H and O–H groups in total. The Balaban J connectivity index is 1.84. The van der Waals surface area contributed by atoms with Gasteiger partial charge >= 0.3 is 0 Å². The molecule has 0 spiro atoms. The van der Waals surface area contributed by atoms with E-state index in [1.807, 2.05) is 18.2 Å². The Labute approximate surface area is 121 Å². The van der Waals surface area contributed by atoms with Crippen LogP contribution in [0.5, 0.6) is 0 Å². The van der Waals surface area contributed by atoms with Gasteiger partial charge in [-0.25, -0.2) is 0 Å². The van der Waals surface area contributed by atoms with Crippen molar-refractivity contribution >= 4 is 17.1 Å². The molecule has 0 unspecified atom stereocenters. The summed E-state index contributed by atoms with van der Waals surface area (Å²) in [5.41, 5.74) is 14.3. The van der Waals surface area contributed by atoms with Crippen molar-refractivity contribution in [2.75, 3.05) is 69.9 Å². The number of quaternary nitrogens is 1. The third kappa shape index (κ3) is 3.77. The van der Waals surface area contributed by atoms with E-state index < -0.39 is 0 Å². The lowest BCUT2D eigenvalue weighted by Gasteiger charge is -2.38. The van der Waals surface area contributed by atoms with Gasteiger partial charge in [0, 0.05) is 25.7 Å². The van der Waals surface area contributed by atoms with Gasteiger partial charge < -0.3 is 25.6 Å². The van der Waals surface area contributed by atoms with Crippen LogP contribution >= 0.6 is 0 Å². The highest BCUT2D eigenvalue weighted by atomic mass is 16.5. The molecule has 0 aliphatic carbocycles. The summed E-state index contributed by atoms with van der Waals surface area (Å²) in [5.74, 6) is 0. The van der Waals surface area contributed by atoms with E-state index in [0.717, 1.165) is 55.1 Å². The van der Waals surface area contributed by atoms with Crippen molar-refractivity contribution in [3.8, 4) is 0 Å². The molecule has 1 aliphatic heterocycles. The zero-order valence-corrected chi connectivity index (χ0v) is 12.6. The summed E-state index contributed by atoms with van der Waals surface area (Å²) in [7, 11) is 4.40. The normalized spacial score (nSPS) is 17.9. The molecule has 1 aromatic rings. The molecule has 5 heteroatoms. The molecule has 1 saturated heterocycles. The number of ether oxygens (including phenoxy) is 1. The highest BCUT2D eigenvalue weighted by molar-refractivity contribution is 5.71. The Morgan fingerprint density at radius 1 is 1.25 bits per heavy atom. The van der Waals surface area contributed by atoms with E-state index >= 15 is 0 Å². The zero-order chi connectivity index (χ0) is 14.6. The molecular formula is C15H27N4O+. The maximum Gasteiger partial charge on any atom is 0.102 e. The van der Waals surface area contributed by atoms with Crippen molar-refractivity contribution in [2.45, 2.75) is 6.42 Å². The fraction of sp³-hybridized carbons (Fsp3) is 0.600. The van der Waals surface area contributed by atoms with Crippen LogP contribution in [0.2, 0.25) is 0 Å². The van der Waals surface area contributed by atoms with E-state index in [0.29, 0.717) is 5.69 Å². The summed E-state index contributed by atoms with van der Waals surface area (Å²) in [6.07, 6.45) is 1.15. The average Bonchev–Trinajstić information content (AvgIpc) is 2.39. The molecule has 0 radical (unpaired) electrons. The number of morpholine rings is 1. The molecule has 1 heterocycles. The Bertz CT molecular complexity index is 443. The molecule has 2 rings (SSSR count). The molecule has 0 saturated carbocycles. The minimum Gasteiger partial charge on any atom is -0.399 e. The van der Waals surface area contributed by atoms with Crippen molar-refractivity contribution in [3.63, 3.8) is 0 Å². The topological polar surface area (TPSA) is 64.5 Å². The van der Waals surface area contributed by atoms with E-state index in [2.05, 4.69) is 19.0 Å². The van der Waals surface area contributed by atoms with Crippen LogP contribution in [-0.2, 0) is 4.74 Å². The molecule has 0 bridgehead atoms. The van der Waals surface area contributed by atoms with Gasteiger partial charge in [0.05, 0.1) is 38.2 Å². The van der Waals surface area contributed by atoms with Crippen molar-refractivity contribution in [1.29, 1.82) is 0 Å². The van der Waals surface area contributed by atoms with Crippen LogP contribution in [0.1, 0.15) is 6.42 Å². The van der Waals surface area contributed by atoms with E-state index in [9.17, 15) is 0 Å². The molecule has 1 aliphatic rings. The molecule has 0 aromatic heterocycles. The number of nitrogens with zero attached hydrogens (tertiary/aromatic N) is 2. The highest BCUT2D eigenvalue weighted by Gasteiger charge is 2.24. The summed E-state index contributed by atoms with van der Waals surface area (Å²) in [6.45, 7) is 6.20. The highest BCUT2D eigenvalue weighted by Crippen LogP contribution is 2.24. The van der Waals surface area contributed by atoms with Gasteiger partial charge in [0.2, 0.25) is 0 Å². The van der Waals surface area contributed by atoms with Gasteiger partial charge in [-0.2, -0.15) is 0 Å². The lowest BCUT2D eigenvalue weighted by atomic mass is 10.2. The first kappa shape index (κ1) is 14.9. The zero-order valence-electron chi connectivity index (χ0n) is 12.6. The van der Waals surface area contributed by atoms with E-state index in [1.54, 1.807) is 0 Å². The summed E-state index contributed by atoms with van der Waals surface area (Å²) >= 11 is 0. The van der Waals surface area contributed by atoms with Crippen molar-refractivity contribution < 1.29 is 9.22 Å². The fourth-order valence-electron chi connectivity index (χ4n) is 2.74. The minimum absolute atomic E-state index is 0.714. The van der Waals surface area contributed by atoms with Crippen LogP contribution in [0, 0.1) is 0 Å². The molecule has 0 amide bonds. The average molecular weight is 279 g/mol. The second kappa shape index (κ2) is 6.33. The van der Waals surface area contributed by atoms with Crippen LogP contribution in [0.15, 0.2) is 18.2 Å². The van der Waals surface area contributed by atoms with Gasteiger partial charge in [0.15, 0.2) is 0 Å². The standard InChI is InChI=1S/C15H27N4O/c1-18(15-5-4-13(16)12-14(15)17)6-3-7-19(2)8-10-20-11-9-19/h4-5,12H,3,6-11,16-17H2,1-2H3/q+1. The lowest BCUT2D eigenvalue weighted by molar-refractivity contribution is -0.916. The molecule has 20 heavy (non-hydrogen) atoms. The number of rotatable bonds is 5. The number of nitrogen functional groups attached to an aromatic ring is 2. The van der Waals surface area contributed by atoms with Crippen LogP contribution in [0.4, 0.5) is 17.1 Å². The molecule has 1 fully saturated rings. The largest absolute Gasteiger partial charge is 0.399 e. The van der Waals surface area contributed by atoms with E-state index in [-0.39, 0.29) is 0 Å². The lowest BCUT2D eigenvalue weighted by Crippen LogP contribution is -2.52. The summed E-state index contributed by atoms with van der Waals surface area (Å²) in [5, 5.41) is 0. The number of anilines is 3. The number of nitrogens with two attached hydrogens (primary N) is 2. The predicted octanol–water partition coefficient (Wildman–Crippen LogP) is 1.15. The number of hydrogen-bond acceptors (Lipinski definition) is 4. The quantitative estimate of drug-likeness (QED) is 0.627. The third-order valence-electron chi connectivity index (χ3n) is 4.21.